The van der Waals surface area contributed by atoms with Crippen LogP contribution in [-0.2, 0) is 29.4 Å². The van der Waals surface area contributed by atoms with Crippen LogP contribution in [0.1, 0.15) is 23.1 Å². The van der Waals surface area contributed by atoms with E-state index in [1.807, 2.05) is 0 Å². The standard InChI is InChI=1S/C20H15.C19H18N.C2H6Si.2ClH.Hf/c1-14-12-16-8-5-11-19(20(16)13-14)18-10-4-7-15-6-2-3-9-17(15)18;1-14-12-16-7-4-10-19(17(16)13-14)20-11-5-8-15-6-2-3-9-18(15)20;1-3-2;;;/h2-13H,1H3;2-4,6-7,9-10,12-13H,5,8,11H2,1H3;1-2H3;2*1H;/q2*-1;;;;+2. The zero-order chi connectivity index (χ0) is 30.6. The summed E-state index contributed by atoms with van der Waals surface area (Å²) in [7, 11) is 0. The molecule has 8 rings (SSSR count). The van der Waals surface area contributed by atoms with Gasteiger partial charge in [-0.15, -0.1) is 93.9 Å². The van der Waals surface area contributed by atoms with E-state index in [2.05, 4.69) is 159 Å². The van der Waals surface area contributed by atoms with Crippen LogP contribution in [-0.4, -0.2) is 12.0 Å². The fourth-order valence-corrected chi connectivity index (χ4v) is 6.47. The van der Waals surface area contributed by atoms with E-state index in [0.717, 1.165) is 6.54 Å². The molecule has 0 atom stereocenters. The van der Waals surface area contributed by atoms with Crippen molar-refractivity contribution < 1.29 is 23.0 Å². The molecule has 7 aromatic carbocycles. The van der Waals surface area contributed by atoms with Crippen molar-refractivity contribution in [2.24, 2.45) is 0 Å². The van der Waals surface area contributed by atoms with Crippen molar-refractivity contribution in [3.8, 4) is 11.1 Å². The van der Waals surface area contributed by atoms with Crippen LogP contribution in [0.2, 0.25) is 13.1 Å². The molecule has 0 spiro atoms. The smallest absolute Gasteiger partial charge is 0.0436 e. The summed E-state index contributed by atoms with van der Waals surface area (Å²) in [4.78, 5) is 2.49. The Morgan fingerprint density at radius 2 is 1.13 bits per heavy atom. The first kappa shape index (κ1) is 35.9. The predicted octanol–water partition coefficient (Wildman–Crippen LogP) is 12.3. The van der Waals surface area contributed by atoms with Gasteiger partial charge in [0.1, 0.15) is 0 Å². The van der Waals surface area contributed by atoms with Crippen molar-refractivity contribution in [2.75, 3.05) is 11.4 Å². The van der Waals surface area contributed by atoms with E-state index in [0.29, 0.717) is 0 Å². The molecule has 0 fully saturated rings. The van der Waals surface area contributed by atoms with Crippen LogP contribution in [0.3, 0.4) is 0 Å². The number of nitrogens with zero attached hydrogens (tertiary/aromatic N) is 1. The second-order valence-corrected chi connectivity index (χ2v) is 24.8. The van der Waals surface area contributed by atoms with E-state index in [1.54, 1.807) is 0 Å². The number of aryl methyl sites for hydroxylation is 3. The van der Waals surface area contributed by atoms with Gasteiger partial charge in [0.15, 0.2) is 0 Å². The molecule has 1 aliphatic heterocycles. The number of rotatable bonds is 2. The van der Waals surface area contributed by atoms with Gasteiger partial charge >= 0.3 is 41.6 Å². The summed E-state index contributed by atoms with van der Waals surface area (Å²) in [5, 5.41) is 8.02. The third-order valence-corrected chi connectivity index (χ3v) is 8.25. The van der Waals surface area contributed by atoms with Crippen molar-refractivity contribution in [1.82, 2.24) is 0 Å². The predicted molar refractivity (Wildman–Crippen MR) is 205 cm³/mol. The van der Waals surface area contributed by atoms with Crippen molar-refractivity contribution in [2.45, 2.75) is 39.8 Å². The minimum absolute atomic E-state index is 0. The number of halogens is 2. The van der Waals surface area contributed by atoms with Crippen LogP contribution >= 0.6 is 24.8 Å². The molecule has 0 amide bonds. The molecule has 0 saturated carbocycles. The second kappa shape index (κ2) is 16.2. The molecule has 46 heavy (non-hydrogen) atoms. The van der Waals surface area contributed by atoms with Gasteiger partial charge in [0.25, 0.3) is 0 Å². The first-order valence-electron chi connectivity index (χ1n) is 15.6. The van der Waals surface area contributed by atoms with Crippen LogP contribution in [0.25, 0.3) is 43.4 Å². The van der Waals surface area contributed by atoms with Gasteiger partial charge in [-0.3, -0.25) is 0 Å². The second-order valence-electron chi connectivity index (χ2n) is 12.1. The molecule has 0 aromatic heterocycles. The number of para-hydroxylation sites is 1. The van der Waals surface area contributed by atoms with Gasteiger partial charge in [-0.2, -0.15) is 12.1 Å². The van der Waals surface area contributed by atoms with Crippen LogP contribution in [0.15, 0.2) is 127 Å². The maximum absolute atomic E-state index is 2.49. The first-order chi connectivity index (χ1) is 21.4. The fraction of sp³-hybridized carbons (Fsp3) is 0.171. The quantitative estimate of drug-likeness (QED) is 0.124. The third kappa shape index (κ3) is 7.94. The Bertz CT molecular complexity index is 2080. The summed E-state index contributed by atoms with van der Waals surface area (Å²) in [5.41, 5.74) is 9.78. The van der Waals surface area contributed by atoms with Crippen molar-refractivity contribution in [1.29, 1.82) is 0 Å². The first-order valence-corrected chi connectivity index (χ1v) is 23.5. The molecule has 0 aliphatic carbocycles. The van der Waals surface area contributed by atoms with E-state index < -0.39 is 0 Å². The molecule has 7 aromatic rings. The summed E-state index contributed by atoms with van der Waals surface area (Å²) in [5.74, 6) is 0. The molecular weight excluding hydrogens is 784 g/mol. The van der Waals surface area contributed by atoms with Gasteiger partial charge < -0.3 is 4.90 Å². The SMILES string of the molecule is C[Si](C)=[Hf+2].Cc1cc2c(-c3cccc4ccccc34)cccc2[cH-]1.Cc1cc2c(N3CCCc4ccccc43)cccc2[cH-]1.Cl.Cl. The van der Waals surface area contributed by atoms with Crippen LogP contribution in [0.4, 0.5) is 11.4 Å². The van der Waals surface area contributed by atoms with E-state index in [1.165, 1.54) is 107 Å². The van der Waals surface area contributed by atoms with Crippen LogP contribution in [0, 0.1) is 13.8 Å². The van der Waals surface area contributed by atoms with Crippen LogP contribution in [0.5, 0.6) is 0 Å². The molecule has 1 nitrogen and oxygen atoms in total. The normalized spacial score (nSPS) is 11.8. The molecule has 232 valence electrons. The molecule has 1 aliphatic rings. The average molecular weight is 825 g/mol. The van der Waals surface area contributed by atoms with Crippen molar-refractivity contribution in [3.63, 3.8) is 0 Å². The average Bonchev–Trinajstić information content (AvgIpc) is 3.61. The maximum atomic E-state index is 2.49. The largest absolute Gasteiger partial charge is 0.350 e. The molecular formula is C41H41Cl2HfNSi. The van der Waals surface area contributed by atoms with Gasteiger partial charge in [0, 0.05) is 12.2 Å². The Morgan fingerprint density at radius 3 is 1.87 bits per heavy atom. The zero-order valence-corrected chi connectivity index (χ0v) is 33.2. The summed E-state index contributed by atoms with van der Waals surface area (Å²) in [6.07, 6.45) is 2.43. The number of anilines is 2. The van der Waals surface area contributed by atoms with E-state index in [9.17, 15) is 0 Å². The third-order valence-electron chi connectivity index (χ3n) is 8.25. The molecule has 0 saturated heterocycles. The van der Waals surface area contributed by atoms with Gasteiger partial charge in [-0.1, -0.05) is 92.2 Å². The molecule has 5 heteroatoms. The maximum Gasteiger partial charge on any atom is 0.0436 e. The minimum atomic E-state index is 0. The van der Waals surface area contributed by atoms with E-state index in [-0.39, 0.29) is 30.3 Å². The number of hydrogen-bond acceptors (Lipinski definition) is 1. The number of benzene rings is 5. The number of hydrogen-bond donors (Lipinski definition) is 0. The van der Waals surface area contributed by atoms with Gasteiger partial charge in [-0.05, 0) is 46.5 Å². The van der Waals surface area contributed by atoms with Gasteiger partial charge in [0.05, 0.1) is 0 Å². The Kier molecular flexibility index (Phi) is 12.7. The summed E-state index contributed by atoms with van der Waals surface area (Å²) in [6.45, 7) is 10.1. The molecule has 0 radical (unpaired) electrons. The van der Waals surface area contributed by atoms with E-state index in [4.69, 9.17) is 0 Å². The minimum Gasteiger partial charge on any atom is -0.350 e. The molecule has 0 unspecified atom stereocenters. The molecule has 0 N–H and O–H groups in total. The summed E-state index contributed by atoms with van der Waals surface area (Å²) >= 11 is 1.45. The zero-order valence-electron chi connectivity index (χ0n) is 27.0. The monoisotopic (exact) mass is 825 g/mol. The fourth-order valence-electron chi connectivity index (χ4n) is 6.47. The topological polar surface area (TPSA) is 3.24 Å². The van der Waals surface area contributed by atoms with Crippen LogP contribution < -0.4 is 4.90 Å². The Balaban J connectivity index is 0.000000180. The Hall–Kier alpha value is -2.95. The van der Waals surface area contributed by atoms with Gasteiger partial charge in [-0.25, -0.2) is 0 Å². The summed E-state index contributed by atoms with van der Waals surface area (Å²) < 4.78 is 0. The van der Waals surface area contributed by atoms with Crippen molar-refractivity contribution in [3.05, 3.63) is 144 Å². The molecule has 0 bridgehead atoms. The van der Waals surface area contributed by atoms with Gasteiger partial charge in [0.2, 0.25) is 0 Å². The molecule has 1 heterocycles. The number of fused-ring (bicyclic) bond motifs is 4. The Morgan fingerprint density at radius 1 is 0.609 bits per heavy atom. The van der Waals surface area contributed by atoms with Crippen molar-refractivity contribution >= 4 is 74.0 Å². The summed E-state index contributed by atoms with van der Waals surface area (Å²) in [6, 6.07) is 46.3. The Labute approximate surface area is 301 Å². The van der Waals surface area contributed by atoms with E-state index >= 15 is 0 Å².